The van der Waals surface area contributed by atoms with Crippen LogP contribution in [0, 0.1) is 5.92 Å². The number of piperazine rings is 1. The van der Waals surface area contributed by atoms with Crippen molar-refractivity contribution in [1.82, 2.24) is 9.80 Å². The van der Waals surface area contributed by atoms with Gasteiger partial charge in [-0.2, -0.15) is 0 Å². The molecule has 140 valence electrons. The zero-order valence-electron chi connectivity index (χ0n) is 15.3. The Morgan fingerprint density at radius 3 is 2.62 bits per heavy atom. The van der Waals surface area contributed by atoms with Crippen LogP contribution in [0.2, 0.25) is 0 Å². The van der Waals surface area contributed by atoms with Gasteiger partial charge in [0.25, 0.3) is 0 Å². The van der Waals surface area contributed by atoms with E-state index in [4.69, 9.17) is 4.74 Å². The molecule has 5 nitrogen and oxygen atoms in total. The largest absolute Gasteiger partial charge is 0.378 e. The van der Waals surface area contributed by atoms with E-state index in [1.54, 1.807) is 0 Å². The van der Waals surface area contributed by atoms with Crippen LogP contribution in [-0.2, 0) is 9.53 Å². The lowest BCUT2D eigenvalue weighted by molar-refractivity contribution is -0.140. The maximum atomic E-state index is 12.6. The van der Waals surface area contributed by atoms with Gasteiger partial charge < -0.3 is 9.64 Å². The highest BCUT2D eigenvalue weighted by Crippen LogP contribution is 2.38. The number of carbonyl (C=O) groups is 2. The van der Waals surface area contributed by atoms with Gasteiger partial charge in [-0.3, -0.25) is 14.5 Å². The molecule has 1 aliphatic carbocycles. The molecule has 3 aliphatic rings. The van der Waals surface area contributed by atoms with Crippen molar-refractivity contribution in [3.05, 3.63) is 35.9 Å². The lowest BCUT2D eigenvalue weighted by Crippen LogP contribution is -2.63. The Bertz CT molecular complexity index is 644. The van der Waals surface area contributed by atoms with Crippen molar-refractivity contribution in [2.24, 2.45) is 5.92 Å². The first kappa shape index (κ1) is 17.7. The Balaban J connectivity index is 1.23. The quantitative estimate of drug-likeness (QED) is 0.734. The number of amides is 1. The highest BCUT2D eigenvalue weighted by Gasteiger charge is 2.43. The van der Waals surface area contributed by atoms with Gasteiger partial charge in [0.1, 0.15) is 0 Å². The summed E-state index contributed by atoms with van der Waals surface area (Å²) in [5, 5.41) is 0. The normalized spacial score (nSPS) is 26.4. The lowest BCUT2D eigenvalue weighted by Gasteiger charge is -2.48. The first-order valence-electron chi connectivity index (χ1n) is 9.92. The highest BCUT2D eigenvalue weighted by molar-refractivity contribution is 5.96. The average molecular weight is 356 g/mol. The first-order valence-corrected chi connectivity index (χ1v) is 9.92. The number of morpholine rings is 1. The Morgan fingerprint density at radius 2 is 1.85 bits per heavy atom. The maximum Gasteiger partial charge on any atom is 0.222 e. The Kier molecular flexibility index (Phi) is 5.36. The van der Waals surface area contributed by atoms with Gasteiger partial charge in [0, 0.05) is 44.1 Å². The summed E-state index contributed by atoms with van der Waals surface area (Å²) in [6, 6.07) is 10.2. The molecule has 1 aromatic rings. The average Bonchev–Trinajstić information content (AvgIpc) is 3.52. The Hall–Kier alpha value is -1.72. The number of benzene rings is 1. The summed E-state index contributed by atoms with van der Waals surface area (Å²) in [4.78, 5) is 29.3. The Morgan fingerprint density at radius 1 is 1.04 bits per heavy atom. The van der Waals surface area contributed by atoms with Crippen molar-refractivity contribution in [1.29, 1.82) is 0 Å². The van der Waals surface area contributed by atoms with E-state index in [9.17, 15) is 9.59 Å². The van der Waals surface area contributed by atoms with Gasteiger partial charge in [-0.05, 0) is 25.2 Å². The van der Waals surface area contributed by atoms with E-state index >= 15 is 0 Å². The summed E-state index contributed by atoms with van der Waals surface area (Å²) < 4.78 is 5.82. The molecule has 0 spiro atoms. The predicted octanol–water partition coefficient (Wildman–Crippen LogP) is 2.36. The number of Topliss-reactive ketones (excluding diaryl/α,β-unsaturated/α-hetero) is 1. The van der Waals surface area contributed by atoms with E-state index in [1.807, 2.05) is 35.2 Å². The monoisotopic (exact) mass is 356 g/mol. The molecule has 3 fully saturated rings. The van der Waals surface area contributed by atoms with E-state index in [1.165, 1.54) is 12.8 Å². The second-order valence-corrected chi connectivity index (χ2v) is 7.82. The standard InChI is InChI=1S/C21H28N2O3/c24-20(17-5-2-1-3-6-17)7-4-8-21(25)22-11-12-23-18(13-22)14-26-15-19(23)16-9-10-16/h1-3,5-6,16,18-19H,4,7-15H2/t18-,19-/m1/s1. The zero-order valence-corrected chi connectivity index (χ0v) is 15.3. The molecule has 2 heterocycles. The third kappa shape index (κ3) is 3.99. The molecular formula is C21H28N2O3. The molecule has 4 rings (SSSR count). The summed E-state index contributed by atoms with van der Waals surface area (Å²) in [7, 11) is 0. The summed E-state index contributed by atoms with van der Waals surface area (Å²) in [6.07, 6.45) is 4.17. The zero-order chi connectivity index (χ0) is 17.9. The van der Waals surface area contributed by atoms with Crippen LogP contribution < -0.4 is 0 Å². The van der Waals surface area contributed by atoms with Crippen LogP contribution in [0.1, 0.15) is 42.5 Å². The Labute approximate surface area is 155 Å². The fraction of sp³-hybridized carbons (Fsp3) is 0.619. The lowest BCUT2D eigenvalue weighted by atomic mass is 10.0. The predicted molar refractivity (Wildman–Crippen MR) is 99.0 cm³/mol. The molecule has 5 heteroatoms. The minimum Gasteiger partial charge on any atom is -0.378 e. The number of nitrogens with zero attached hydrogens (tertiary/aromatic N) is 2. The number of ketones is 1. The van der Waals surface area contributed by atoms with Gasteiger partial charge in [-0.15, -0.1) is 0 Å². The topological polar surface area (TPSA) is 49.9 Å². The van der Waals surface area contributed by atoms with Crippen molar-refractivity contribution in [2.45, 2.75) is 44.2 Å². The summed E-state index contributed by atoms with van der Waals surface area (Å²) in [5.74, 6) is 1.11. The van der Waals surface area contributed by atoms with Crippen molar-refractivity contribution < 1.29 is 14.3 Å². The van der Waals surface area contributed by atoms with Crippen LogP contribution >= 0.6 is 0 Å². The number of ether oxygens (including phenoxy) is 1. The molecule has 0 bridgehead atoms. The minimum atomic E-state index is 0.121. The van der Waals surface area contributed by atoms with E-state index in [2.05, 4.69) is 4.90 Å². The number of fused-ring (bicyclic) bond motifs is 1. The van der Waals surface area contributed by atoms with Gasteiger partial charge in [-0.25, -0.2) is 0 Å². The molecule has 1 aromatic carbocycles. The third-order valence-electron chi connectivity index (χ3n) is 5.96. The fourth-order valence-corrected chi connectivity index (χ4v) is 4.32. The second kappa shape index (κ2) is 7.89. The van der Waals surface area contributed by atoms with Gasteiger partial charge in [0.15, 0.2) is 5.78 Å². The van der Waals surface area contributed by atoms with Crippen LogP contribution in [0.3, 0.4) is 0 Å². The second-order valence-electron chi connectivity index (χ2n) is 7.82. The van der Waals surface area contributed by atoms with E-state index in [0.29, 0.717) is 31.3 Å². The molecule has 0 unspecified atom stereocenters. The minimum absolute atomic E-state index is 0.121. The summed E-state index contributed by atoms with van der Waals surface area (Å²) >= 11 is 0. The van der Waals surface area contributed by atoms with Crippen molar-refractivity contribution in [3.8, 4) is 0 Å². The van der Waals surface area contributed by atoms with E-state index in [-0.39, 0.29) is 11.7 Å². The van der Waals surface area contributed by atoms with Crippen molar-refractivity contribution >= 4 is 11.7 Å². The van der Waals surface area contributed by atoms with E-state index in [0.717, 1.165) is 44.3 Å². The van der Waals surface area contributed by atoms with Crippen LogP contribution in [-0.4, -0.2) is 66.4 Å². The highest BCUT2D eigenvalue weighted by atomic mass is 16.5. The van der Waals surface area contributed by atoms with Crippen LogP contribution in [0.5, 0.6) is 0 Å². The van der Waals surface area contributed by atoms with Gasteiger partial charge in [-0.1, -0.05) is 30.3 Å². The van der Waals surface area contributed by atoms with Crippen LogP contribution in [0.4, 0.5) is 0 Å². The summed E-state index contributed by atoms with van der Waals surface area (Å²) in [5.41, 5.74) is 0.735. The van der Waals surface area contributed by atoms with Crippen LogP contribution in [0.15, 0.2) is 30.3 Å². The van der Waals surface area contributed by atoms with Crippen molar-refractivity contribution in [2.75, 3.05) is 32.8 Å². The van der Waals surface area contributed by atoms with Crippen molar-refractivity contribution in [3.63, 3.8) is 0 Å². The summed E-state index contributed by atoms with van der Waals surface area (Å²) in [6.45, 7) is 4.14. The third-order valence-corrected chi connectivity index (χ3v) is 5.96. The molecule has 1 saturated carbocycles. The molecule has 0 aromatic heterocycles. The SMILES string of the molecule is O=C(CCCC(=O)N1CCN2[C@@H](COC[C@@H]2C2CC2)C1)c1ccccc1. The van der Waals surface area contributed by atoms with Gasteiger partial charge in [0.2, 0.25) is 5.91 Å². The molecule has 0 radical (unpaired) electrons. The smallest absolute Gasteiger partial charge is 0.222 e. The molecule has 0 N–H and O–H groups in total. The molecule has 2 saturated heterocycles. The number of rotatable bonds is 6. The number of hydrogen-bond acceptors (Lipinski definition) is 4. The molecule has 2 aliphatic heterocycles. The molecule has 26 heavy (non-hydrogen) atoms. The van der Waals surface area contributed by atoms with Gasteiger partial charge in [0.05, 0.1) is 19.3 Å². The van der Waals surface area contributed by atoms with Crippen LogP contribution in [0.25, 0.3) is 0 Å². The maximum absolute atomic E-state index is 12.6. The first-order chi connectivity index (χ1) is 12.7. The molecule has 1 amide bonds. The fourth-order valence-electron chi connectivity index (χ4n) is 4.32. The molecular weight excluding hydrogens is 328 g/mol. The molecule has 2 atom stereocenters. The van der Waals surface area contributed by atoms with E-state index < -0.39 is 0 Å². The number of carbonyl (C=O) groups excluding carboxylic acids is 2. The number of hydrogen-bond donors (Lipinski definition) is 0. The van der Waals surface area contributed by atoms with Gasteiger partial charge >= 0.3 is 0 Å².